The fourth-order valence-corrected chi connectivity index (χ4v) is 3.07. The van der Waals surface area contributed by atoms with Gasteiger partial charge in [0.05, 0.1) is 0 Å². The second-order valence-corrected chi connectivity index (χ2v) is 5.76. The van der Waals surface area contributed by atoms with Gasteiger partial charge in [0.2, 0.25) is 0 Å². The molecule has 2 rings (SSSR count). The van der Waals surface area contributed by atoms with Crippen LogP contribution in [0.1, 0.15) is 52.4 Å². The van der Waals surface area contributed by atoms with E-state index < -0.39 is 0 Å². The van der Waals surface area contributed by atoms with Crippen LogP contribution in [-0.4, -0.2) is 24.8 Å². The molecule has 0 saturated carbocycles. The van der Waals surface area contributed by atoms with Crippen LogP contribution in [0.3, 0.4) is 0 Å². The summed E-state index contributed by atoms with van der Waals surface area (Å²) in [4.78, 5) is 4.42. The molecule has 0 aromatic carbocycles. The Bertz CT molecular complexity index is 298. The van der Waals surface area contributed by atoms with Crippen LogP contribution < -0.4 is 5.32 Å². The van der Waals surface area contributed by atoms with E-state index in [1.807, 2.05) is 0 Å². The third-order valence-corrected chi connectivity index (χ3v) is 4.34. The Morgan fingerprint density at radius 2 is 2.41 bits per heavy atom. The minimum Gasteiger partial charge on any atom is -0.312 e. The van der Waals surface area contributed by atoms with E-state index in [9.17, 15) is 0 Å². The molecule has 0 aromatic rings. The predicted molar refractivity (Wildman–Crippen MR) is 74.7 cm³/mol. The molecule has 2 aliphatic rings. The van der Waals surface area contributed by atoms with Crippen molar-refractivity contribution >= 4 is 6.21 Å². The number of dihydropyridines is 1. The number of nitrogens with zero attached hydrogens (tertiary/aromatic N) is 1. The van der Waals surface area contributed by atoms with E-state index in [0.717, 1.165) is 18.9 Å². The zero-order valence-corrected chi connectivity index (χ0v) is 11.3. The van der Waals surface area contributed by atoms with Crippen LogP contribution >= 0.6 is 0 Å². The van der Waals surface area contributed by atoms with E-state index in [2.05, 4.69) is 36.4 Å². The number of rotatable bonds is 5. The van der Waals surface area contributed by atoms with Crippen molar-refractivity contribution in [2.75, 3.05) is 13.1 Å². The summed E-state index contributed by atoms with van der Waals surface area (Å²) in [6, 6.07) is 0. The van der Waals surface area contributed by atoms with Crippen LogP contribution in [0.4, 0.5) is 0 Å². The minimum atomic E-state index is 0.403. The number of aliphatic imine (C=N–C) groups is 1. The lowest BCUT2D eigenvalue weighted by Gasteiger charge is -2.27. The Morgan fingerprint density at radius 1 is 1.53 bits per heavy atom. The van der Waals surface area contributed by atoms with Gasteiger partial charge in [0.1, 0.15) is 0 Å². The second-order valence-electron chi connectivity index (χ2n) is 5.76. The van der Waals surface area contributed by atoms with Gasteiger partial charge in [0.15, 0.2) is 0 Å². The summed E-state index contributed by atoms with van der Waals surface area (Å²) >= 11 is 0. The molecule has 2 heterocycles. The first kappa shape index (κ1) is 12.8. The molecule has 2 aliphatic heterocycles. The molecular weight excluding hydrogens is 208 g/mol. The Balaban J connectivity index is 1.87. The monoisotopic (exact) mass is 234 g/mol. The van der Waals surface area contributed by atoms with Crippen molar-refractivity contribution in [1.82, 2.24) is 5.32 Å². The van der Waals surface area contributed by atoms with Crippen molar-refractivity contribution in [3.05, 3.63) is 11.6 Å². The smallest absolute Gasteiger partial charge is 0.0424 e. The Hall–Kier alpha value is -0.630. The van der Waals surface area contributed by atoms with Crippen molar-refractivity contribution in [2.45, 2.75) is 57.9 Å². The fourth-order valence-electron chi connectivity index (χ4n) is 3.07. The second kappa shape index (κ2) is 5.81. The Labute approximate surface area is 106 Å². The number of nitrogens with one attached hydrogen (secondary N) is 1. The SMILES string of the molecule is CCC(CCC1(C)CCCN1)C1=CCCN=C1. The first-order valence-corrected chi connectivity index (χ1v) is 7.18. The number of allylic oxidation sites excluding steroid dienone is 1. The van der Waals surface area contributed by atoms with E-state index >= 15 is 0 Å². The van der Waals surface area contributed by atoms with Crippen LogP contribution in [0.25, 0.3) is 0 Å². The van der Waals surface area contributed by atoms with Crippen LogP contribution in [0.15, 0.2) is 16.6 Å². The van der Waals surface area contributed by atoms with E-state index in [1.165, 1.54) is 44.2 Å². The van der Waals surface area contributed by atoms with Crippen LogP contribution in [0.5, 0.6) is 0 Å². The third kappa shape index (κ3) is 3.41. The number of hydrogen-bond donors (Lipinski definition) is 1. The van der Waals surface area contributed by atoms with Gasteiger partial charge in [-0.2, -0.15) is 0 Å². The summed E-state index contributed by atoms with van der Waals surface area (Å²) in [7, 11) is 0. The predicted octanol–water partition coefficient (Wildman–Crippen LogP) is 3.34. The maximum absolute atomic E-state index is 4.42. The first-order chi connectivity index (χ1) is 8.23. The lowest BCUT2D eigenvalue weighted by molar-refractivity contribution is 0.346. The highest BCUT2D eigenvalue weighted by atomic mass is 15.0. The molecule has 96 valence electrons. The van der Waals surface area contributed by atoms with E-state index in [1.54, 1.807) is 0 Å². The van der Waals surface area contributed by atoms with Gasteiger partial charge in [-0.25, -0.2) is 0 Å². The molecule has 0 aliphatic carbocycles. The largest absolute Gasteiger partial charge is 0.312 e. The molecule has 1 N–H and O–H groups in total. The summed E-state index contributed by atoms with van der Waals surface area (Å²) in [5, 5.41) is 3.66. The average molecular weight is 234 g/mol. The molecule has 2 unspecified atom stereocenters. The maximum Gasteiger partial charge on any atom is 0.0424 e. The van der Waals surface area contributed by atoms with Gasteiger partial charge < -0.3 is 5.32 Å². The van der Waals surface area contributed by atoms with Gasteiger partial charge in [0.25, 0.3) is 0 Å². The zero-order chi connectivity index (χ0) is 12.1. The Kier molecular flexibility index (Phi) is 4.38. The molecule has 0 bridgehead atoms. The van der Waals surface area contributed by atoms with Crippen molar-refractivity contribution in [3.8, 4) is 0 Å². The normalized spacial score (nSPS) is 30.4. The third-order valence-electron chi connectivity index (χ3n) is 4.34. The molecule has 17 heavy (non-hydrogen) atoms. The minimum absolute atomic E-state index is 0.403. The molecule has 0 aromatic heterocycles. The van der Waals surface area contributed by atoms with Gasteiger partial charge in [-0.3, -0.25) is 4.99 Å². The molecule has 2 heteroatoms. The standard InChI is InChI=1S/C15H26N2/c1-3-13(14-6-4-10-16-12-14)7-9-15(2)8-5-11-17-15/h6,12-13,17H,3-5,7-11H2,1-2H3. The lowest BCUT2D eigenvalue weighted by Crippen LogP contribution is -2.36. The lowest BCUT2D eigenvalue weighted by atomic mass is 9.84. The first-order valence-electron chi connectivity index (χ1n) is 7.18. The molecule has 0 spiro atoms. The summed E-state index contributed by atoms with van der Waals surface area (Å²) < 4.78 is 0. The highest BCUT2D eigenvalue weighted by Gasteiger charge is 2.28. The molecule has 0 radical (unpaired) electrons. The average Bonchev–Trinajstić information content (AvgIpc) is 2.79. The van der Waals surface area contributed by atoms with Gasteiger partial charge in [-0.05, 0) is 63.5 Å². The van der Waals surface area contributed by atoms with Gasteiger partial charge in [-0.15, -0.1) is 0 Å². The summed E-state index contributed by atoms with van der Waals surface area (Å²) in [6.45, 7) is 6.88. The molecule has 0 amide bonds. The zero-order valence-electron chi connectivity index (χ0n) is 11.3. The highest BCUT2D eigenvalue weighted by molar-refractivity contribution is 5.79. The van der Waals surface area contributed by atoms with Gasteiger partial charge in [0, 0.05) is 18.3 Å². The molecule has 2 atom stereocenters. The summed E-state index contributed by atoms with van der Waals surface area (Å²) in [5.41, 5.74) is 1.89. The van der Waals surface area contributed by atoms with Crippen molar-refractivity contribution in [1.29, 1.82) is 0 Å². The van der Waals surface area contributed by atoms with E-state index in [4.69, 9.17) is 0 Å². The van der Waals surface area contributed by atoms with Crippen molar-refractivity contribution < 1.29 is 0 Å². The van der Waals surface area contributed by atoms with Gasteiger partial charge in [-0.1, -0.05) is 13.0 Å². The van der Waals surface area contributed by atoms with Crippen LogP contribution in [0.2, 0.25) is 0 Å². The fraction of sp³-hybridized carbons (Fsp3) is 0.800. The van der Waals surface area contributed by atoms with E-state index in [0.29, 0.717) is 5.54 Å². The molecule has 2 nitrogen and oxygen atoms in total. The molecule has 1 fully saturated rings. The Morgan fingerprint density at radius 3 is 3.00 bits per heavy atom. The van der Waals surface area contributed by atoms with Crippen LogP contribution in [-0.2, 0) is 0 Å². The molecular formula is C15H26N2. The topological polar surface area (TPSA) is 24.4 Å². The quantitative estimate of drug-likeness (QED) is 0.775. The van der Waals surface area contributed by atoms with Crippen molar-refractivity contribution in [3.63, 3.8) is 0 Å². The summed E-state index contributed by atoms with van der Waals surface area (Å²) in [5.74, 6) is 0.721. The summed E-state index contributed by atoms with van der Waals surface area (Å²) in [6.07, 6.45) is 12.2. The highest BCUT2D eigenvalue weighted by Crippen LogP contribution is 2.29. The van der Waals surface area contributed by atoms with Gasteiger partial charge >= 0.3 is 0 Å². The van der Waals surface area contributed by atoms with E-state index in [-0.39, 0.29) is 0 Å². The van der Waals surface area contributed by atoms with Crippen molar-refractivity contribution in [2.24, 2.45) is 10.9 Å². The molecule has 1 saturated heterocycles. The maximum atomic E-state index is 4.42. The van der Waals surface area contributed by atoms with Crippen LogP contribution in [0, 0.1) is 5.92 Å². The number of hydrogen-bond acceptors (Lipinski definition) is 2.